The van der Waals surface area contributed by atoms with Crippen LogP contribution in [0.2, 0.25) is 0 Å². The van der Waals surface area contributed by atoms with Crippen LogP contribution in [0.25, 0.3) is 0 Å². The van der Waals surface area contributed by atoms with E-state index in [0.717, 1.165) is 6.54 Å². The quantitative estimate of drug-likeness (QED) is 0.594. The second-order valence-electron chi connectivity index (χ2n) is 4.68. The highest BCUT2D eigenvalue weighted by atomic mass is 15.2. The molecular formula is C13H30N2. The first-order valence-electron chi connectivity index (χ1n) is 6.56. The zero-order valence-corrected chi connectivity index (χ0v) is 11.3. The third-order valence-corrected chi connectivity index (χ3v) is 3.38. The average molecular weight is 214 g/mol. The molecule has 15 heavy (non-hydrogen) atoms. The summed E-state index contributed by atoms with van der Waals surface area (Å²) in [6, 6.07) is 1.33. The van der Waals surface area contributed by atoms with Crippen molar-refractivity contribution in [2.24, 2.45) is 0 Å². The third-order valence-electron chi connectivity index (χ3n) is 3.38. The van der Waals surface area contributed by atoms with Gasteiger partial charge in [-0.1, -0.05) is 26.7 Å². The summed E-state index contributed by atoms with van der Waals surface area (Å²) in [7, 11) is 2.23. The summed E-state index contributed by atoms with van der Waals surface area (Å²) in [6.07, 6.45) is 5.21. The van der Waals surface area contributed by atoms with Gasteiger partial charge in [0.15, 0.2) is 0 Å². The molecule has 0 radical (unpaired) electrons. The maximum atomic E-state index is 3.54. The highest BCUT2D eigenvalue weighted by molar-refractivity contribution is 4.70. The van der Waals surface area contributed by atoms with Gasteiger partial charge in [0.2, 0.25) is 0 Å². The second-order valence-corrected chi connectivity index (χ2v) is 4.68. The van der Waals surface area contributed by atoms with Gasteiger partial charge >= 0.3 is 0 Å². The molecule has 0 amide bonds. The number of likely N-dealkylation sites (N-methyl/N-ethyl adjacent to an activating group) is 1. The maximum absolute atomic E-state index is 3.54. The van der Waals surface area contributed by atoms with Crippen molar-refractivity contribution in [1.82, 2.24) is 10.2 Å². The van der Waals surface area contributed by atoms with Crippen molar-refractivity contribution in [3.63, 3.8) is 0 Å². The molecule has 0 aliphatic heterocycles. The zero-order valence-electron chi connectivity index (χ0n) is 11.3. The highest BCUT2D eigenvalue weighted by Gasteiger charge is 2.13. The average Bonchev–Trinajstić information content (AvgIpc) is 2.26. The molecule has 0 aromatic rings. The maximum Gasteiger partial charge on any atom is 0.0192 e. The largest absolute Gasteiger partial charge is 0.315 e. The number of hydrogen-bond acceptors (Lipinski definition) is 2. The third kappa shape index (κ3) is 6.91. The lowest BCUT2D eigenvalue weighted by atomic mass is 10.2. The monoisotopic (exact) mass is 214 g/mol. The molecule has 0 bridgehead atoms. The molecule has 0 aliphatic rings. The molecule has 1 N–H and O–H groups in total. The number of hydrogen-bond donors (Lipinski definition) is 1. The van der Waals surface area contributed by atoms with Gasteiger partial charge in [0.05, 0.1) is 0 Å². The molecule has 0 saturated heterocycles. The Kier molecular flexibility index (Phi) is 9.12. The van der Waals surface area contributed by atoms with E-state index in [2.05, 4.69) is 45.0 Å². The Morgan fingerprint density at radius 2 is 1.73 bits per heavy atom. The molecule has 0 aliphatic carbocycles. The summed E-state index contributed by atoms with van der Waals surface area (Å²) in [5, 5.41) is 3.54. The molecule has 0 heterocycles. The fourth-order valence-corrected chi connectivity index (χ4v) is 1.68. The Morgan fingerprint density at radius 3 is 2.27 bits per heavy atom. The van der Waals surface area contributed by atoms with Gasteiger partial charge in [-0.25, -0.2) is 0 Å². The number of nitrogens with one attached hydrogen (secondary N) is 1. The molecule has 0 fully saturated rings. The molecule has 0 aromatic carbocycles. The van der Waals surface area contributed by atoms with E-state index in [0.29, 0.717) is 12.1 Å². The number of rotatable bonds is 9. The highest BCUT2D eigenvalue weighted by Crippen LogP contribution is 2.04. The Labute approximate surface area is 96.4 Å². The van der Waals surface area contributed by atoms with Crippen molar-refractivity contribution in [3.8, 4) is 0 Å². The van der Waals surface area contributed by atoms with Crippen LogP contribution in [-0.4, -0.2) is 37.1 Å². The van der Waals surface area contributed by atoms with Crippen LogP contribution in [0.1, 0.15) is 53.4 Å². The van der Waals surface area contributed by atoms with Crippen LogP contribution in [0.3, 0.4) is 0 Å². The van der Waals surface area contributed by atoms with Crippen molar-refractivity contribution in [3.05, 3.63) is 0 Å². The van der Waals surface area contributed by atoms with E-state index in [1.165, 1.54) is 32.2 Å². The summed E-state index contributed by atoms with van der Waals surface area (Å²) in [4.78, 5) is 2.47. The first kappa shape index (κ1) is 14.9. The normalized spacial score (nSPS) is 15.6. The lowest BCUT2D eigenvalue weighted by Gasteiger charge is -2.30. The van der Waals surface area contributed by atoms with Crippen molar-refractivity contribution in [2.75, 3.05) is 20.1 Å². The molecule has 0 saturated carbocycles. The first-order valence-corrected chi connectivity index (χ1v) is 6.56. The van der Waals surface area contributed by atoms with E-state index >= 15 is 0 Å². The standard InChI is InChI=1S/C13H30N2/c1-6-8-9-10-14-11-13(4)15(5)12(3)7-2/h12-14H,6-11H2,1-5H3. The van der Waals surface area contributed by atoms with Gasteiger partial charge in [0, 0.05) is 18.6 Å². The lowest BCUT2D eigenvalue weighted by molar-refractivity contribution is 0.188. The Bertz CT molecular complexity index is 136. The predicted octanol–water partition coefficient (Wildman–Crippen LogP) is 2.89. The lowest BCUT2D eigenvalue weighted by Crippen LogP contribution is -2.42. The van der Waals surface area contributed by atoms with Gasteiger partial charge in [0.1, 0.15) is 0 Å². The van der Waals surface area contributed by atoms with Crippen LogP contribution >= 0.6 is 0 Å². The van der Waals surface area contributed by atoms with Crippen molar-refractivity contribution < 1.29 is 0 Å². The van der Waals surface area contributed by atoms with Gasteiger partial charge in [-0.3, -0.25) is 4.90 Å². The van der Waals surface area contributed by atoms with E-state index in [1.807, 2.05) is 0 Å². The number of unbranched alkanes of at least 4 members (excludes halogenated alkanes) is 2. The molecule has 2 unspecified atom stereocenters. The second kappa shape index (κ2) is 9.17. The zero-order chi connectivity index (χ0) is 11.7. The summed E-state index contributed by atoms with van der Waals surface area (Å²) in [5.74, 6) is 0. The summed E-state index contributed by atoms with van der Waals surface area (Å²) in [5.41, 5.74) is 0. The fraction of sp³-hybridized carbons (Fsp3) is 1.00. The van der Waals surface area contributed by atoms with E-state index in [9.17, 15) is 0 Å². The predicted molar refractivity (Wildman–Crippen MR) is 69.4 cm³/mol. The van der Waals surface area contributed by atoms with E-state index < -0.39 is 0 Å². The van der Waals surface area contributed by atoms with Crippen LogP contribution in [-0.2, 0) is 0 Å². The van der Waals surface area contributed by atoms with E-state index in [4.69, 9.17) is 0 Å². The van der Waals surface area contributed by atoms with Crippen LogP contribution in [0.5, 0.6) is 0 Å². The molecule has 0 rings (SSSR count). The van der Waals surface area contributed by atoms with E-state index in [-0.39, 0.29) is 0 Å². The Morgan fingerprint density at radius 1 is 1.07 bits per heavy atom. The summed E-state index contributed by atoms with van der Waals surface area (Å²) in [6.45, 7) is 11.4. The Hall–Kier alpha value is -0.0800. The Balaban J connectivity index is 3.50. The van der Waals surface area contributed by atoms with E-state index in [1.54, 1.807) is 0 Å². The fourth-order valence-electron chi connectivity index (χ4n) is 1.68. The summed E-state index contributed by atoms with van der Waals surface area (Å²) < 4.78 is 0. The first-order chi connectivity index (χ1) is 7.13. The molecule has 2 heteroatoms. The van der Waals surface area contributed by atoms with Gasteiger partial charge in [-0.05, 0) is 40.3 Å². The van der Waals surface area contributed by atoms with Crippen LogP contribution < -0.4 is 5.32 Å². The van der Waals surface area contributed by atoms with Gasteiger partial charge < -0.3 is 5.32 Å². The molecular weight excluding hydrogens is 184 g/mol. The number of nitrogens with zero attached hydrogens (tertiary/aromatic N) is 1. The molecule has 0 aromatic heterocycles. The minimum atomic E-state index is 0.640. The van der Waals surface area contributed by atoms with Crippen molar-refractivity contribution >= 4 is 0 Å². The van der Waals surface area contributed by atoms with Crippen LogP contribution in [0, 0.1) is 0 Å². The molecule has 2 nitrogen and oxygen atoms in total. The minimum absolute atomic E-state index is 0.640. The molecule has 2 atom stereocenters. The molecule has 0 spiro atoms. The topological polar surface area (TPSA) is 15.3 Å². The van der Waals surface area contributed by atoms with Crippen LogP contribution in [0.15, 0.2) is 0 Å². The van der Waals surface area contributed by atoms with Crippen LogP contribution in [0.4, 0.5) is 0 Å². The van der Waals surface area contributed by atoms with Gasteiger partial charge in [-0.2, -0.15) is 0 Å². The SMILES string of the molecule is CCCCCNCC(C)N(C)C(C)CC. The van der Waals surface area contributed by atoms with Crippen molar-refractivity contribution in [2.45, 2.75) is 65.5 Å². The van der Waals surface area contributed by atoms with Gasteiger partial charge in [-0.15, -0.1) is 0 Å². The van der Waals surface area contributed by atoms with Crippen molar-refractivity contribution in [1.29, 1.82) is 0 Å². The van der Waals surface area contributed by atoms with Gasteiger partial charge in [0.25, 0.3) is 0 Å². The smallest absolute Gasteiger partial charge is 0.0192 e. The molecule has 92 valence electrons. The summed E-state index contributed by atoms with van der Waals surface area (Å²) >= 11 is 0. The minimum Gasteiger partial charge on any atom is -0.315 e.